The molecule has 2 rings (SSSR count). The average molecular weight is 359 g/mol. The van der Waals surface area contributed by atoms with Gasteiger partial charge in [0.15, 0.2) is 0 Å². The summed E-state index contributed by atoms with van der Waals surface area (Å²) in [4.78, 5) is 14.6. The predicted octanol–water partition coefficient (Wildman–Crippen LogP) is 2.54. The van der Waals surface area contributed by atoms with Gasteiger partial charge in [0, 0.05) is 23.2 Å². The van der Waals surface area contributed by atoms with E-state index in [0.29, 0.717) is 10.6 Å². The van der Waals surface area contributed by atoms with Gasteiger partial charge >= 0.3 is 0 Å². The highest BCUT2D eigenvalue weighted by molar-refractivity contribution is 9.10. The largest absolute Gasteiger partial charge is 0.398 e. The van der Waals surface area contributed by atoms with Crippen molar-refractivity contribution < 1.29 is 9.00 Å². The van der Waals surface area contributed by atoms with Crippen molar-refractivity contribution in [1.82, 2.24) is 4.90 Å². The lowest BCUT2D eigenvalue weighted by molar-refractivity contribution is -0.128. The first-order chi connectivity index (χ1) is 9.58. The van der Waals surface area contributed by atoms with Crippen molar-refractivity contribution in [3.05, 3.63) is 22.7 Å². The molecule has 1 fully saturated rings. The van der Waals surface area contributed by atoms with Crippen LogP contribution in [-0.4, -0.2) is 33.9 Å². The summed E-state index contributed by atoms with van der Waals surface area (Å²) in [5.74, 6) is -0.0150. The van der Waals surface area contributed by atoms with Crippen molar-refractivity contribution in [2.75, 3.05) is 24.6 Å². The maximum Gasteiger partial charge on any atom is 0.235 e. The second-order valence-corrected chi connectivity index (χ2v) is 7.30. The average Bonchev–Trinajstić information content (AvgIpc) is 2.67. The van der Waals surface area contributed by atoms with Gasteiger partial charge in [-0.05, 0) is 31.0 Å². The lowest BCUT2D eigenvalue weighted by atomic mass is 10.2. The summed E-state index contributed by atoms with van der Waals surface area (Å²) in [5.41, 5.74) is 6.31. The number of benzene rings is 1. The zero-order chi connectivity index (χ0) is 14.5. The van der Waals surface area contributed by atoms with E-state index in [0.717, 1.165) is 30.4 Å². The number of carbonyl (C=O) groups excluding carboxylic acids is 1. The van der Waals surface area contributed by atoms with Gasteiger partial charge in [-0.25, -0.2) is 0 Å². The summed E-state index contributed by atoms with van der Waals surface area (Å²) in [7, 11) is -1.38. The van der Waals surface area contributed by atoms with Crippen LogP contribution in [0.2, 0.25) is 0 Å². The highest BCUT2D eigenvalue weighted by atomic mass is 79.9. The predicted molar refractivity (Wildman–Crippen MR) is 84.9 cm³/mol. The second-order valence-electron chi connectivity index (χ2n) is 4.97. The molecule has 1 aliphatic heterocycles. The van der Waals surface area contributed by atoms with Crippen LogP contribution in [-0.2, 0) is 15.6 Å². The van der Waals surface area contributed by atoms with Crippen LogP contribution < -0.4 is 5.73 Å². The molecule has 0 aliphatic carbocycles. The molecule has 20 heavy (non-hydrogen) atoms. The minimum atomic E-state index is -1.38. The lowest BCUT2D eigenvalue weighted by Crippen LogP contribution is -2.35. The third kappa shape index (κ3) is 4.06. The number of likely N-dealkylation sites (tertiary alicyclic amines) is 1. The molecule has 1 atom stereocenters. The van der Waals surface area contributed by atoms with Gasteiger partial charge in [0.2, 0.25) is 5.91 Å². The van der Waals surface area contributed by atoms with Gasteiger partial charge in [-0.15, -0.1) is 0 Å². The first kappa shape index (κ1) is 15.5. The van der Waals surface area contributed by atoms with E-state index in [9.17, 15) is 9.00 Å². The van der Waals surface area contributed by atoms with E-state index in [1.165, 1.54) is 12.8 Å². The van der Waals surface area contributed by atoms with Crippen LogP contribution >= 0.6 is 15.9 Å². The van der Waals surface area contributed by atoms with Crippen molar-refractivity contribution >= 4 is 38.3 Å². The fourth-order valence-corrected chi connectivity index (χ4v) is 3.81. The van der Waals surface area contributed by atoms with E-state index >= 15 is 0 Å². The maximum atomic E-state index is 12.3. The lowest BCUT2D eigenvalue weighted by Gasteiger charge is -2.20. The van der Waals surface area contributed by atoms with E-state index in [1.54, 1.807) is 18.2 Å². The molecule has 1 aliphatic rings. The maximum absolute atomic E-state index is 12.3. The highest BCUT2D eigenvalue weighted by Crippen LogP contribution is 2.22. The Hall–Kier alpha value is -0.880. The zero-order valence-electron chi connectivity index (χ0n) is 11.3. The molecule has 0 spiro atoms. The molecule has 0 radical (unpaired) electrons. The number of hydrogen-bond acceptors (Lipinski definition) is 3. The Morgan fingerprint density at radius 1 is 1.25 bits per heavy atom. The van der Waals surface area contributed by atoms with Crippen LogP contribution in [0, 0.1) is 0 Å². The molecule has 4 nitrogen and oxygen atoms in total. The molecular weight excluding hydrogens is 340 g/mol. The van der Waals surface area contributed by atoms with Crippen molar-refractivity contribution in [2.24, 2.45) is 0 Å². The van der Waals surface area contributed by atoms with E-state index < -0.39 is 10.8 Å². The smallest absolute Gasteiger partial charge is 0.235 e. The van der Waals surface area contributed by atoms with E-state index in [-0.39, 0.29) is 11.7 Å². The van der Waals surface area contributed by atoms with Crippen LogP contribution in [0.5, 0.6) is 0 Å². The summed E-state index contributed by atoms with van der Waals surface area (Å²) in [5, 5.41) is 0. The van der Waals surface area contributed by atoms with Crippen LogP contribution in [0.3, 0.4) is 0 Å². The Balaban J connectivity index is 2.01. The number of rotatable bonds is 3. The second kappa shape index (κ2) is 7.22. The van der Waals surface area contributed by atoms with E-state index in [2.05, 4.69) is 15.9 Å². The minimum Gasteiger partial charge on any atom is -0.398 e. The third-order valence-electron chi connectivity index (χ3n) is 3.43. The monoisotopic (exact) mass is 358 g/mol. The Bertz CT molecular complexity index is 514. The van der Waals surface area contributed by atoms with Gasteiger partial charge in [-0.3, -0.25) is 9.00 Å². The van der Waals surface area contributed by atoms with Gasteiger partial charge < -0.3 is 10.6 Å². The molecule has 1 unspecified atom stereocenters. The van der Waals surface area contributed by atoms with Crippen LogP contribution in [0.25, 0.3) is 0 Å². The van der Waals surface area contributed by atoms with Crippen LogP contribution in [0.15, 0.2) is 27.6 Å². The standard InChI is InChI=1S/C14H19BrN2O2S/c15-11-5-6-13(12(16)9-11)20(19)10-14(18)17-7-3-1-2-4-8-17/h5-6,9H,1-4,7-8,10,16H2. The number of amides is 1. The van der Waals surface area contributed by atoms with Crippen molar-refractivity contribution in [3.8, 4) is 0 Å². The molecule has 1 saturated heterocycles. The summed E-state index contributed by atoms with van der Waals surface area (Å²) < 4.78 is 13.1. The third-order valence-corrected chi connectivity index (χ3v) is 5.30. The van der Waals surface area contributed by atoms with Crippen molar-refractivity contribution in [2.45, 2.75) is 30.6 Å². The molecule has 1 aromatic rings. The number of nitrogens with zero attached hydrogens (tertiary/aromatic N) is 1. The molecule has 0 aromatic heterocycles. The number of anilines is 1. The molecule has 6 heteroatoms. The summed E-state index contributed by atoms with van der Waals surface area (Å²) >= 11 is 3.31. The molecule has 2 N–H and O–H groups in total. The van der Waals surface area contributed by atoms with Gasteiger partial charge in [-0.2, -0.15) is 0 Å². The van der Waals surface area contributed by atoms with Crippen molar-refractivity contribution in [3.63, 3.8) is 0 Å². The van der Waals surface area contributed by atoms with Crippen molar-refractivity contribution in [1.29, 1.82) is 0 Å². The summed E-state index contributed by atoms with van der Waals surface area (Å²) in [6.45, 7) is 1.57. The Morgan fingerprint density at radius 2 is 1.90 bits per heavy atom. The Labute approximate surface area is 130 Å². The van der Waals surface area contributed by atoms with Crippen LogP contribution in [0.1, 0.15) is 25.7 Å². The number of carbonyl (C=O) groups is 1. The summed E-state index contributed by atoms with van der Waals surface area (Å²) in [6, 6.07) is 5.22. The zero-order valence-corrected chi connectivity index (χ0v) is 13.7. The molecule has 0 saturated carbocycles. The fourth-order valence-electron chi connectivity index (χ4n) is 2.33. The quantitative estimate of drug-likeness (QED) is 0.844. The van der Waals surface area contributed by atoms with Gasteiger partial charge in [0.25, 0.3) is 0 Å². The Morgan fingerprint density at radius 3 is 2.50 bits per heavy atom. The Kier molecular flexibility index (Phi) is 5.60. The normalized spacial score (nSPS) is 17.6. The molecule has 1 heterocycles. The number of nitrogens with two attached hydrogens (primary N) is 1. The highest BCUT2D eigenvalue weighted by Gasteiger charge is 2.19. The molecular formula is C14H19BrN2O2S. The molecule has 0 bridgehead atoms. The van der Waals surface area contributed by atoms with E-state index in [4.69, 9.17) is 5.73 Å². The fraction of sp³-hybridized carbons (Fsp3) is 0.500. The number of hydrogen-bond donors (Lipinski definition) is 1. The first-order valence-corrected chi connectivity index (χ1v) is 8.90. The molecule has 1 aromatic carbocycles. The van der Waals surface area contributed by atoms with Crippen LogP contribution in [0.4, 0.5) is 5.69 Å². The van der Waals surface area contributed by atoms with Gasteiger partial charge in [0.05, 0.1) is 15.7 Å². The van der Waals surface area contributed by atoms with Gasteiger partial charge in [-0.1, -0.05) is 28.8 Å². The summed E-state index contributed by atoms with van der Waals surface area (Å²) in [6.07, 6.45) is 4.43. The molecule has 110 valence electrons. The number of nitrogen functional groups attached to an aromatic ring is 1. The minimum absolute atomic E-state index is 0.0197. The molecule has 1 amide bonds. The van der Waals surface area contributed by atoms with Gasteiger partial charge in [0.1, 0.15) is 5.75 Å². The topological polar surface area (TPSA) is 63.4 Å². The van der Waals surface area contributed by atoms with E-state index in [1.807, 2.05) is 4.90 Å². The first-order valence-electron chi connectivity index (χ1n) is 6.79. The SMILES string of the molecule is Nc1cc(Br)ccc1S(=O)CC(=O)N1CCCCCC1. The number of halogens is 1.